The summed E-state index contributed by atoms with van der Waals surface area (Å²) in [5.41, 5.74) is 13.1. The normalized spacial score (nSPS) is 11.7. The predicted molar refractivity (Wildman–Crippen MR) is 49.5 cm³/mol. The summed E-state index contributed by atoms with van der Waals surface area (Å²) in [5.74, 6) is 0.317. The minimum Gasteiger partial charge on any atom is -0.368 e. The number of guanidine groups is 1. The fraction of sp³-hybridized carbons (Fsp3) is 0.857. The van der Waals surface area contributed by atoms with E-state index in [1.807, 2.05) is 0 Å². The van der Waals surface area contributed by atoms with Crippen molar-refractivity contribution in [2.75, 3.05) is 19.7 Å². The zero-order valence-electron chi connectivity index (χ0n) is 7.55. The van der Waals surface area contributed by atoms with Crippen molar-refractivity contribution in [2.45, 2.75) is 19.8 Å². The first-order chi connectivity index (χ1) is 5.81. The molecule has 0 radical (unpaired) electrons. The lowest BCUT2D eigenvalue weighted by atomic mass is 10.3. The molecule has 0 amide bonds. The van der Waals surface area contributed by atoms with Crippen LogP contribution < -0.4 is 16.9 Å². The number of unbranched alkanes of at least 4 members (excludes halogenated alkanes) is 1. The molecular weight excluding hydrogens is 156 g/mol. The highest BCUT2D eigenvalue weighted by atomic mass is 16.6. The van der Waals surface area contributed by atoms with Gasteiger partial charge in [0.2, 0.25) is 5.96 Å². The summed E-state index contributed by atoms with van der Waals surface area (Å²) in [6, 6.07) is 0. The van der Waals surface area contributed by atoms with E-state index in [4.69, 9.17) is 16.3 Å². The molecule has 0 aromatic heterocycles. The van der Waals surface area contributed by atoms with Crippen molar-refractivity contribution in [1.29, 1.82) is 0 Å². The van der Waals surface area contributed by atoms with Gasteiger partial charge < -0.3 is 11.5 Å². The van der Waals surface area contributed by atoms with Crippen LogP contribution in [0.1, 0.15) is 19.8 Å². The van der Waals surface area contributed by atoms with Crippen LogP contribution in [0.3, 0.4) is 0 Å². The molecule has 5 N–H and O–H groups in total. The molecule has 0 spiro atoms. The van der Waals surface area contributed by atoms with E-state index >= 15 is 0 Å². The summed E-state index contributed by atoms with van der Waals surface area (Å²) < 4.78 is 0. The van der Waals surface area contributed by atoms with Gasteiger partial charge in [0, 0.05) is 13.1 Å². The van der Waals surface area contributed by atoms with Gasteiger partial charge in [-0.3, -0.25) is 9.83 Å². The van der Waals surface area contributed by atoms with Gasteiger partial charge in [0.1, 0.15) is 0 Å². The van der Waals surface area contributed by atoms with Gasteiger partial charge in [-0.15, -0.1) is 0 Å². The number of rotatable bonds is 6. The molecule has 0 aliphatic heterocycles. The number of hydrogen-bond acceptors (Lipinski definition) is 3. The van der Waals surface area contributed by atoms with Crippen LogP contribution in [0.15, 0.2) is 4.99 Å². The number of nitrogens with two attached hydrogens (primary N) is 2. The SMILES string of the molecule is CCCCN=C(N)NOCCN. The third kappa shape index (κ3) is 7.30. The van der Waals surface area contributed by atoms with E-state index < -0.39 is 0 Å². The highest BCUT2D eigenvalue weighted by Gasteiger charge is 1.88. The van der Waals surface area contributed by atoms with Crippen molar-refractivity contribution >= 4 is 5.96 Å². The van der Waals surface area contributed by atoms with E-state index in [1.54, 1.807) is 0 Å². The van der Waals surface area contributed by atoms with E-state index in [1.165, 1.54) is 0 Å². The van der Waals surface area contributed by atoms with Crippen LogP contribution in [-0.2, 0) is 4.84 Å². The van der Waals surface area contributed by atoms with Crippen molar-refractivity contribution in [2.24, 2.45) is 16.5 Å². The Morgan fingerprint density at radius 1 is 1.58 bits per heavy atom. The smallest absolute Gasteiger partial charge is 0.213 e. The van der Waals surface area contributed by atoms with Gasteiger partial charge in [-0.25, -0.2) is 5.48 Å². The van der Waals surface area contributed by atoms with Crippen LogP contribution >= 0.6 is 0 Å². The monoisotopic (exact) mass is 174 g/mol. The van der Waals surface area contributed by atoms with Gasteiger partial charge in [-0.05, 0) is 6.42 Å². The van der Waals surface area contributed by atoms with Crippen LogP contribution in [0.4, 0.5) is 0 Å². The van der Waals surface area contributed by atoms with Crippen LogP contribution in [-0.4, -0.2) is 25.7 Å². The van der Waals surface area contributed by atoms with Crippen molar-refractivity contribution < 1.29 is 4.84 Å². The van der Waals surface area contributed by atoms with E-state index in [0.29, 0.717) is 19.1 Å². The van der Waals surface area contributed by atoms with Crippen LogP contribution in [0.25, 0.3) is 0 Å². The average molecular weight is 174 g/mol. The molecule has 0 aliphatic rings. The minimum atomic E-state index is 0.317. The third-order valence-corrected chi connectivity index (χ3v) is 1.19. The van der Waals surface area contributed by atoms with E-state index in [0.717, 1.165) is 19.4 Å². The second-order valence-corrected chi connectivity index (χ2v) is 2.36. The molecule has 0 aromatic rings. The van der Waals surface area contributed by atoms with Crippen molar-refractivity contribution in [3.8, 4) is 0 Å². The van der Waals surface area contributed by atoms with E-state index in [2.05, 4.69) is 17.4 Å². The number of hydrogen-bond donors (Lipinski definition) is 3. The second-order valence-electron chi connectivity index (χ2n) is 2.36. The highest BCUT2D eigenvalue weighted by Crippen LogP contribution is 1.85. The summed E-state index contributed by atoms with van der Waals surface area (Å²) in [4.78, 5) is 8.85. The maximum absolute atomic E-state index is 5.43. The molecule has 72 valence electrons. The van der Waals surface area contributed by atoms with Crippen LogP contribution in [0, 0.1) is 0 Å². The molecule has 0 heterocycles. The number of nitrogens with one attached hydrogen (secondary N) is 1. The van der Waals surface area contributed by atoms with Crippen molar-refractivity contribution in [3.63, 3.8) is 0 Å². The standard InChI is InChI=1S/C7H18N4O/c1-2-3-5-10-7(9)11-12-6-4-8/h2-6,8H2,1H3,(H3,9,10,11). The first kappa shape index (κ1) is 11.2. The Hall–Kier alpha value is -0.810. The molecule has 0 atom stereocenters. The van der Waals surface area contributed by atoms with Gasteiger partial charge in [-0.1, -0.05) is 13.3 Å². The summed E-state index contributed by atoms with van der Waals surface area (Å²) in [6.07, 6.45) is 2.15. The van der Waals surface area contributed by atoms with Gasteiger partial charge in [0.05, 0.1) is 6.61 Å². The van der Waals surface area contributed by atoms with Crippen molar-refractivity contribution in [3.05, 3.63) is 0 Å². The zero-order valence-corrected chi connectivity index (χ0v) is 7.55. The fourth-order valence-corrected chi connectivity index (χ4v) is 0.574. The van der Waals surface area contributed by atoms with Crippen molar-refractivity contribution in [1.82, 2.24) is 5.48 Å². The quantitative estimate of drug-likeness (QED) is 0.221. The molecule has 0 unspecified atom stereocenters. The highest BCUT2D eigenvalue weighted by molar-refractivity contribution is 5.76. The topological polar surface area (TPSA) is 85.7 Å². The molecule has 0 rings (SSSR count). The van der Waals surface area contributed by atoms with E-state index in [-0.39, 0.29) is 0 Å². The predicted octanol–water partition coefficient (Wildman–Crippen LogP) is -0.419. The molecule has 0 aliphatic carbocycles. The van der Waals surface area contributed by atoms with Gasteiger partial charge >= 0.3 is 0 Å². The molecule has 0 saturated carbocycles. The number of nitrogens with zero attached hydrogens (tertiary/aromatic N) is 1. The molecule has 5 nitrogen and oxygen atoms in total. The lowest BCUT2D eigenvalue weighted by Crippen LogP contribution is -2.33. The lowest BCUT2D eigenvalue weighted by molar-refractivity contribution is 0.0906. The molecule has 0 saturated heterocycles. The minimum absolute atomic E-state index is 0.317. The van der Waals surface area contributed by atoms with Gasteiger partial charge in [0.15, 0.2) is 0 Å². The van der Waals surface area contributed by atoms with Gasteiger partial charge in [0.25, 0.3) is 0 Å². The summed E-state index contributed by atoms with van der Waals surface area (Å²) in [7, 11) is 0. The summed E-state index contributed by atoms with van der Waals surface area (Å²) in [5, 5.41) is 0. The summed E-state index contributed by atoms with van der Waals surface area (Å²) >= 11 is 0. The Morgan fingerprint density at radius 2 is 2.33 bits per heavy atom. The zero-order chi connectivity index (χ0) is 9.23. The molecule has 0 bridgehead atoms. The molecule has 5 heteroatoms. The first-order valence-corrected chi connectivity index (χ1v) is 4.19. The Bertz CT molecular complexity index is 127. The molecule has 12 heavy (non-hydrogen) atoms. The molecular formula is C7H18N4O. The Labute approximate surface area is 73.1 Å². The fourth-order valence-electron chi connectivity index (χ4n) is 0.574. The first-order valence-electron chi connectivity index (χ1n) is 4.19. The van der Waals surface area contributed by atoms with Crippen LogP contribution in [0.2, 0.25) is 0 Å². The number of hydroxylamine groups is 1. The Kier molecular flexibility index (Phi) is 7.73. The second kappa shape index (κ2) is 8.29. The Morgan fingerprint density at radius 3 is 2.92 bits per heavy atom. The molecule has 0 aromatic carbocycles. The van der Waals surface area contributed by atoms with E-state index in [9.17, 15) is 0 Å². The summed E-state index contributed by atoms with van der Waals surface area (Å²) in [6.45, 7) is 3.74. The number of aliphatic imine (C=N–C) groups is 1. The van der Waals surface area contributed by atoms with Gasteiger partial charge in [-0.2, -0.15) is 0 Å². The molecule has 0 fully saturated rings. The maximum atomic E-state index is 5.43. The van der Waals surface area contributed by atoms with Crippen LogP contribution in [0.5, 0.6) is 0 Å². The largest absolute Gasteiger partial charge is 0.368 e. The third-order valence-electron chi connectivity index (χ3n) is 1.19. The lowest BCUT2D eigenvalue weighted by Gasteiger charge is -2.03. The Balaban J connectivity index is 3.29. The maximum Gasteiger partial charge on any atom is 0.213 e. The average Bonchev–Trinajstić information content (AvgIpc) is 2.06.